The van der Waals surface area contributed by atoms with Gasteiger partial charge in [0.15, 0.2) is 11.5 Å². The van der Waals surface area contributed by atoms with Crippen molar-refractivity contribution in [2.24, 2.45) is 0 Å². The van der Waals surface area contributed by atoms with E-state index in [9.17, 15) is 9.59 Å². The monoisotopic (exact) mass is 439 g/mol. The molecule has 9 nitrogen and oxygen atoms in total. The third-order valence-electron chi connectivity index (χ3n) is 4.76. The van der Waals surface area contributed by atoms with Crippen LogP contribution in [-0.4, -0.2) is 31.2 Å². The van der Waals surface area contributed by atoms with E-state index < -0.39 is 0 Å². The number of anilines is 2. The zero-order valence-electron chi connectivity index (χ0n) is 18.6. The molecular weight excluding hydrogens is 414 g/mol. The Morgan fingerprint density at radius 1 is 0.969 bits per heavy atom. The maximum atomic E-state index is 12.9. The van der Waals surface area contributed by atoms with Crippen LogP contribution in [0.4, 0.5) is 11.4 Å². The molecule has 0 radical (unpaired) electrons. The summed E-state index contributed by atoms with van der Waals surface area (Å²) in [5.41, 5.74) is 2.83. The highest BCUT2D eigenvalue weighted by Crippen LogP contribution is 2.31. The minimum Gasteiger partial charge on any atom is -0.497 e. The maximum Gasteiger partial charge on any atom is 0.255 e. The summed E-state index contributed by atoms with van der Waals surface area (Å²) in [4.78, 5) is 24.4. The van der Waals surface area contributed by atoms with Crippen LogP contribution in [0, 0.1) is 13.8 Å². The maximum absolute atomic E-state index is 12.9. The van der Waals surface area contributed by atoms with Crippen LogP contribution in [0.5, 0.6) is 17.2 Å². The first-order valence-corrected chi connectivity index (χ1v) is 9.82. The van der Waals surface area contributed by atoms with Crippen LogP contribution in [0.15, 0.2) is 40.9 Å². The summed E-state index contributed by atoms with van der Waals surface area (Å²) in [5, 5.41) is 9.39. The van der Waals surface area contributed by atoms with Crippen molar-refractivity contribution in [2.75, 3.05) is 24.9 Å². The smallest absolute Gasteiger partial charge is 0.255 e. The van der Waals surface area contributed by atoms with E-state index in [4.69, 9.17) is 18.7 Å². The normalized spacial score (nSPS) is 10.4. The van der Waals surface area contributed by atoms with Crippen molar-refractivity contribution in [3.05, 3.63) is 59.0 Å². The van der Waals surface area contributed by atoms with Gasteiger partial charge in [-0.05, 0) is 44.2 Å². The van der Waals surface area contributed by atoms with E-state index in [0.717, 1.165) is 11.3 Å². The molecule has 0 aliphatic heterocycles. The molecule has 3 aromatic rings. The molecule has 1 heterocycles. The number of nitrogens with zero attached hydrogens (tertiary/aromatic N) is 1. The van der Waals surface area contributed by atoms with Crippen molar-refractivity contribution in [1.82, 2.24) is 5.16 Å². The molecule has 2 amide bonds. The van der Waals surface area contributed by atoms with Crippen molar-refractivity contribution in [3.63, 3.8) is 0 Å². The average Bonchev–Trinajstić information content (AvgIpc) is 3.10. The SMILES string of the molecule is COc1ccc(NC(C)=O)c(NC(=O)c2ccc(OCc3c(C)noc3C)c(OC)c2)c1. The van der Waals surface area contributed by atoms with E-state index in [-0.39, 0.29) is 18.4 Å². The molecule has 0 saturated carbocycles. The highest BCUT2D eigenvalue weighted by molar-refractivity contribution is 6.07. The van der Waals surface area contributed by atoms with E-state index in [0.29, 0.717) is 39.9 Å². The Morgan fingerprint density at radius 3 is 2.38 bits per heavy atom. The second kappa shape index (κ2) is 9.86. The van der Waals surface area contributed by atoms with Crippen LogP contribution in [0.2, 0.25) is 0 Å². The van der Waals surface area contributed by atoms with Crippen molar-refractivity contribution in [1.29, 1.82) is 0 Å². The number of nitrogens with one attached hydrogen (secondary N) is 2. The highest BCUT2D eigenvalue weighted by Gasteiger charge is 2.16. The number of hydrogen-bond acceptors (Lipinski definition) is 7. The molecule has 168 valence electrons. The van der Waals surface area contributed by atoms with Gasteiger partial charge < -0.3 is 29.4 Å². The van der Waals surface area contributed by atoms with Gasteiger partial charge in [-0.1, -0.05) is 5.16 Å². The fraction of sp³-hybridized carbons (Fsp3) is 0.261. The summed E-state index contributed by atoms with van der Waals surface area (Å²) in [5.74, 6) is 1.45. The van der Waals surface area contributed by atoms with Crippen LogP contribution in [0.3, 0.4) is 0 Å². The summed E-state index contributed by atoms with van der Waals surface area (Å²) in [6, 6.07) is 9.83. The fourth-order valence-electron chi connectivity index (χ4n) is 3.03. The molecule has 2 N–H and O–H groups in total. The van der Waals surface area contributed by atoms with Gasteiger partial charge in [0.1, 0.15) is 18.1 Å². The van der Waals surface area contributed by atoms with Gasteiger partial charge in [0.25, 0.3) is 5.91 Å². The Morgan fingerprint density at radius 2 is 1.75 bits per heavy atom. The van der Waals surface area contributed by atoms with Gasteiger partial charge in [-0.3, -0.25) is 9.59 Å². The van der Waals surface area contributed by atoms with E-state index in [1.165, 1.54) is 21.1 Å². The van der Waals surface area contributed by atoms with E-state index >= 15 is 0 Å². The number of aryl methyl sites for hydroxylation is 2. The first kappa shape index (κ1) is 22.7. The molecule has 2 aromatic carbocycles. The molecule has 0 atom stereocenters. The topological polar surface area (TPSA) is 112 Å². The lowest BCUT2D eigenvalue weighted by molar-refractivity contribution is -0.114. The predicted octanol–water partition coefficient (Wildman–Crippen LogP) is 4.10. The van der Waals surface area contributed by atoms with Crippen LogP contribution < -0.4 is 24.8 Å². The first-order valence-electron chi connectivity index (χ1n) is 9.82. The lowest BCUT2D eigenvalue weighted by Crippen LogP contribution is -2.15. The fourth-order valence-corrected chi connectivity index (χ4v) is 3.03. The molecule has 9 heteroatoms. The van der Waals surface area contributed by atoms with E-state index in [1.54, 1.807) is 36.4 Å². The van der Waals surface area contributed by atoms with Gasteiger partial charge in [0, 0.05) is 18.6 Å². The van der Waals surface area contributed by atoms with Gasteiger partial charge in [-0.15, -0.1) is 0 Å². The van der Waals surface area contributed by atoms with Gasteiger partial charge in [0.05, 0.1) is 36.9 Å². The average molecular weight is 439 g/mol. The Balaban J connectivity index is 1.80. The van der Waals surface area contributed by atoms with Crippen molar-refractivity contribution >= 4 is 23.2 Å². The molecular formula is C23H25N3O6. The third-order valence-corrected chi connectivity index (χ3v) is 4.76. The predicted molar refractivity (Wildman–Crippen MR) is 119 cm³/mol. The van der Waals surface area contributed by atoms with Crippen molar-refractivity contribution < 1.29 is 28.3 Å². The number of ether oxygens (including phenoxy) is 3. The molecule has 0 aliphatic rings. The van der Waals surface area contributed by atoms with Crippen molar-refractivity contribution in [2.45, 2.75) is 27.4 Å². The molecule has 0 aliphatic carbocycles. The van der Waals surface area contributed by atoms with Gasteiger partial charge in [0.2, 0.25) is 5.91 Å². The summed E-state index contributed by atoms with van der Waals surface area (Å²) < 4.78 is 21.6. The summed E-state index contributed by atoms with van der Waals surface area (Å²) in [6.45, 7) is 5.31. The van der Waals surface area contributed by atoms with Gasteiger partial charge in [-0.2, -0.15) is 0 Å². The lowest BCUT2D eigenvalue weighted by Gasteiger charge is -2.15. The van der Waals surface area contributed by atoms with E-state index in [2.05, 4.69) is 15.8 Å². The Bertz CT molecular complexity index is 1120. The Kier molecular flexibility index (Phi) is 6.99. The number of methoxy groups -OCH3 is 2. The van der Waals surface area contributed by atoms with Crippen molar-refractivity contribution in [3.8, 4) is 17.2 Å². The number of carbonyl (C=O) groups excluding carboxylic acids is 2. The zero-order chi connectivity index (χ0) is 23.3. The molecule has 0 fully saturated rings. The molecule has 0 saturated heterocycles. The molecule has 0 bridgehead atoms. The van der Waals surface area contributed by atoms with Gasteiger partial charge in [-0.25, -0.2) is 0 Å². The number of hydrogen-bond donors (Lipinski definition) is 2. The van der Waals surface area contributed by atoms with Crippen LogP contribution in [0.25, 0.3) is 0 Å². The Labute approximate surface area is 185 Å². The van der Waals surface area contributed by atoms with Crippen LogP contribution in [-0.2, 0) is 11.4 Å². The van der Waals surface area contributed by atoms with Gasteiger partial charge >= 0.3 is 0 Å². The number of benzene rings is 2. The quantitative estimate of drug-likeness (QED) is 0.543. The highest BCUT2D eigenvalue weighted by atomic mass is 16.5. The Hall–Kier alpha value is -4.01. The third kappa shape index (κ3) is 5.18. The number of carbonyl (C=O) groups is 2. The lowest BCUT2D eigenvalue weighted by atomic mass is 10.1. The molecule has 0 unspecified atom stereocenters. The van der Waals surface area contributed by atoms with Crippen LogP contribution in [0.1, 0.15) is 34.3 Å². The molecule has 1 aromatic heterocycles. The summed E-state index contributed by atoms with van der Waals surface area (Å²) in [7, 11) is 3.02. The first-order chi connectivity index (χ1) is 15.3. The standard InChI is InChI=1S/C23H25N3O6/c1-13-18(14(2)32-26-13)12-31-21-9-6-16(10-22(21)30-5)23(28)25-20-11-17(29-4)7-8-19(20)24-15(3)27/h6-11H,12H2,1-5H3,(H,24,27)(H,25,28). The zero-order valence-corrected chi connectivity index (χ0v) is 18.6. The number of rotatable bonds is 8. The summed E-state index contributed by atoms with van der Waals surface area (Å²) in [6.07, 6.45) is 0. The minimum absolute atomic E-state index is 0.257. The largest absolute Gasteiger partial charge is 0.497 e. The van der Waals surface area contributed by atoms with E-state index in [1.807, 2.05) is 13.8 Å². The number of aromatic nitrogens is 1. The molecule has 0 spiro atoms. The minimum atomic E-state index is -0.388. The second-order valence-corrected chi connectivity index (χ2v) is 7.00. The molecule has 32 heavy (non-hydrogen) atoms. The number of amides is 2. The van der Waals surface area contributed by atoms with Crippen LogP contribution >= 0.6 is 0 Å². The summed E-state index contributed by atoms with van der Waals surface area (Å²) >= 11 is 0. The molecule has 3 rings (SSSR count). The second-order valence-electron chi connectivity index (χ2n) is 7.00.